The molecule has 1 heteroatoms. The van der Waals surface area contributed by atoms with Crippen LogP contribution in [0.15, 0.2) is 37.5 Å². The molecule has 0 amide bonds. The number of rotatable bonds is 22. The van der Waals surface area contributed by atoms with Crippen LogP contribution in [-0.2, 0) is 0 Å². The smallest absolute Gasteiger partial charge is 0.0122 e. The molecule has 1 saturated carbocycles. The minimum Gasteiger partial charge on any atom is -0.312 e. The third-order valence-corrected chi connectivity index (χ3v) is 13.1. The van der Waals surface area contributed by atoms with Gasteiger partial charge in [-0.25, -0.2) is 0 Å². The second-order valence-electron chi connectivity index (χ2n) is 17.0. The molecule has 8 unspecified atom stereocenters. The van der Waals surface area contributed by atoms with E-state index < -0.39 is 0 Å². The largest absolute Gasteiger partial charge is 0.312 e. The van der Waals surface area contributed by atoms with Crippen molar-refractivity contribution in [3.05, 3.63) is 37.5 Å². The summed E-state index contributed by atoms with van der Waals surface area (Å²) in [5.74, 6) is 6.44. The van der Waals surface area contributed by atoms with Crippen LogP contribution in [0.3, 0.4) is 0 Å². The standard InChI is InChI=1S/C29H56.C10H20.C7H17N.C2H6.C2H4.C2H2/c1-11-18-24(8)25(9)20-16-17-21-28(22(6)13-3)27(15-5)29(23(7)14-4)26(10)19-12-2;1-4-9(2)10(3)7-5-6-8-10;1-5-7(3,4)8-6-2;3*1-2/h13,18,22-23,25-29H,3,11-12,14-17,19-21H2,1-2,4-10H3;9H,4-8H2,1-3H3;8H,5-6H2,1-4H3;1-2H3;1-2H2;1-2H/b24-18-;;;;;. The van der Waals surface area contributed by atoms with Crippen molar-refractivity contribution in [1.29, 1.82) is 0 Å². The Morgan fingerprint density at radius 3 is 1.64 bits per heavy atom. The highest BCUT2D eigenvalue weighted by molar-refractivity contribution is 5.01. The molecule has 0 saturated heterocycles. The fourth-order valence-electron chi connectivity index (χ4n) is 8.58. The summed E-state index contributed by atoms with van der Waals surface area (Å²) in [5.41, 5.74) is 2.63. The molecule has 1 nitrogen and oxygen atoms in total. The number of terminal acetylenes is 1. The van der Waals surface area contributed by atoms with Crippen LogP contribution >= 0.6 is 0 Å². The summed E-state index contributed by atoms with van der Waals surface area (Å²) in [6, 6.07) is 0. The molecule has 53 heavy (non-hydrogen) atoms. The van der Waals surface area contributed by atoms with E-state index >= 15 is 0 Å². The van der Waals surface area contributed by atoms with E-state index in [1.807, 2.05) is 13.8 Å². The minimum atomic E-state index is 0.342. The fourth-order valence-corrected chi connectivity index (χ4v) is 8.58. The molecule has 0 aromatic rings. The molecular formula is C52H105N. The van der Waals surface area contributed by atoms with Gasteiger partial charge in [-0.1, -0.05) is 179 Å². The van der Waals surface area contributed by atoms with Crippen molar-refractivity contribution in [3.8, 4) is 12.8 Å². The lowest BCUT2D eigenvalue weighted by Gasteiger charge is -2.42. The second kappa shape index (κ2) is 39.0. The van der Waals surface area contributed by atoms with Gasteiger partial charge in [0.15, 0.2) is 0 Å². The average molecular weight is 744 g/mol. The Kier molecular flexibility index (Phi) is 44.9. The van der Waals surface area contributed by atoms with Gasteiger partial charge >= 0.3 is 0 Å². The molecule has 318 valence electrons. The summed E-state index contributed by atoms with van der Waals surface area (Å²) in [5, 5.41) is 3.37. The van der Waals surface area contributed by atoms with Crippen LogP contribution in [0.5, 0.6) is 0 Å². The molecule has 8 atom stereocenters. The molecule has 0 radical (unpaired) electrons. The third-order valence-electron chi connectivity index (χ3n) is 13.1. The van der Waals surface area contributed by atoms with E-state index in [9.17, 15) is 0 Å². The van der Waals surface area contributed by atoms with Crippen molar-refractivity contribution in [2.75, 3.05) is 6.54 Å². The maximum absolute atomic E-state index is 4.20. The van der Waals surface area contributed by atoms with E-state index in [1.54, 1.807) is 5.57 Å². The molecule has 0 aromatic carbocycles. The quantitative estimate of drug-likeness (QED) is 0.0661. The van der Waals surface area contributed by atoms with Crippen molar-refractivity contribution >= 4 is 0 Å². The lowest BCUT2D eigenvalue weighted by molar-refractivity contribution is 0.0786. The number of allylic oxidation sites excluding steroid dienone is 3. The molecule has 0 spiro atoms. The molecule has 1 fully saturated rings. The van der Waals surface area contributed by atoms with Gasteiger partial charge in [0, 0.05) is 5.54 Å². The molecule has 1 N–H and O–H groups in total. The molecular weight excluding hydrogens is 639 g/mol. The van der Waals surface area contributed by atoms with Gasteiger partial charge in [-0.15, -0.1) is 32.6 Å². The van der Waals surface area contributed by atoms with Gasteiger partial charge in [0.25, 0.3) is 0 Å². The van der Waals surface area contributed by atoms with Crippen molar-refractivity contribution in [2.24, 2.45) is 52.8 Å². The Morgan fingerprint density at radius 1 is 0.774 bits per heavy atom. The topological polar surface area (TPSA) is 12.0 Å². The predicted octanol–water partition coefficient (Wildman–Crippen LogP) is 17.6. The van der Waals surface area contributed by atoms with Gasteiger partial charge in [-0.05, 0) is 119 Å². The molecule has 0 bridgehead atoms. The molecule has 1 aliphatic rings. The van der Waals surface area contributed by atoms with Crippen molar-refractivity contribution in [3.63, 3.8) is 0 Å². The lowest BCUT2D eigenvalue weighted by Crippen LogP contribution is -2.37. The first-order valence-corrected chi connectivity index (χ1v) is 23.0. The summed E-state index contributed by atoms with van der Waals surface area (Å²) in [6.07, 6.45) is 33.0. The first-order chi connectivity index (χ1) is 25.1. The molecule has 1 aliphatic carbocycles. The summed E-state index contributed by atoms with van der Waals surface area (Å²) in [4.78, 5) is 0. The normalized spacial score (nSPS) is 17.9. The Morgan fingerprint density at radius 2 is 1.28 bits per heavy atom. The number of hydrogen-bond donors (Lipinski definition) is 1. The van der Waals surface area contributed by atoms with E-state index in [4.69, 9.17) is 0 Å². The van der Waals surface area contributed by atoms with Gasteiger partial charge in [0.2, 0.25) is 0 Å². The average Bonchev–Trinajstić information content (AvgIpc) is 3.63. The van der Waals surface area contributed by atoms with Gasteiger partial charge in [0.05, 0.1) is 0 Å². The summed E-state index contributed by atoms with van der Waals surface area (Å²) in [6.45, 7) is 52.9. The molecule has 0 heterocycles. The van der Waals surface area contributed by atoms with E-state index in [-0.39, 0.29) is 0 Å². The summed E-state index contributed by atoms with van der Waals surface area (Å²) < 4.78 is 0. The lowest BCUT2D eigenvalue weighted by atomic mass is 9.63. The zero-order valence-corrected chi connectivity index (χ0v) is 40.4. The van der Waals surface area contributed by atoms with Gasteiger partial charge in [-0.2, -0.15) is 0 Å². The second-order valence-corrected chi connectivity index (χ2v) is 17.0. The first-order valence-electron chi connectivity index (χ1n) is 23.0. The molecule has 0 aromatic heterocycles. The van der Waals surface area contributed by atoms with Gasteiger partial charge in [0.1, 0.15) is 0 Å². The number of nitrogens with one attached hydrogen (secondary N) is 1. The maximum atomic E-state index is 4.20. The van der Waals surface area contributed by atoms with Crippen LogP contribution in [0.4, 0.5) is 0 Å². The van der Waals surface area contributed by atoms with Crippen molar-refractivity contribution in [1.82, 2.24) is 5.32 Å². The van der Waals surface area contributed by atoms with Crippen molar-refractivity contribution in [2.45, 2.75) is 226 Å². The van der Waals surface area contributed by atoms with Gasteiger partial charge < -0.3 is 5.32 Å². The Labute approximate surface area is 340 Å². The fraction of sp³-hybridized carbons (Fsp3) is 0.846. The zero-order valence-electron chi connectivity index (χ0n) is 40.4. The first kappa shape index (κ1) is 61.0. The highest BCUT2D eigenvalue weighted by Gasteiger charge is 2.36. The predicted molar refractivity (Wildman–Crippen MR) is 252 cm³/mol. The number of hydrogen-bond acceptors (Lipinski definition) is 1. The van der Waals surface area contributed by atoms with E-state index in [1.165, 1.54) is 96.3 Å². The zero-order chi connectivity index (χ0) is 42.6. The Hall–Kier alpha value is -1.26. The van der Waals surface area contributed by atoms with Crippen LogP contribution < -0.4 is 5.32 Å². The van der Waals surface area contributed by atoms with Gasteiger partial charge in [-0.3, -0.25) is 0 Å². The Balaban J connectivity index is -0.000000258. The highest BCUT2D eigenvalue weighted by Crippen LogP contribution is 2.45. The monoisotopic (exact) mass is 744 g/mol. The van der Waals surface area contributed by atoms with E-state index in [0.29, 0.717) is 16.9 Å². The van der Waals surface area contributed by atoms with Crippen LogP contribution in [0, 0.1) is 65.6 Å². The molecule has 1 rings (SSSR count). The van der Waals surface area contributed by atoms with Crippen molar-refractivity contribution < 1.29 is 0 Å². The summed E-state index contributed by atoms with van der Waals surface area (Å²) >= 11 is 0. The van der Waals surface area contributed by atoms with E-state index in [2.05, 4.69) is 161 Å². The number of unbranched alkanes of at least 4 members (excludes halogenated alkanes) is 1. The van der Waals surface area contributed by atoms with Crippen LogP contribution in [0.1, 0.15) is 221 Å². The maximum Gasteiger partial charge on any atom is 0.0122 e. The van der Waals surface area contributed by atoms with Crippen LogP contribution in [0.2, 0.25) is 0 Å². The summed E-state index contributed by atoms with van der Waals surface area (Å²) in [7, 11) is 0. The highest BCUT2D eigenvalue weighted by atomic mass is 14.9. The minimum absolute atomic E-state index is 0.342. The Bertz CT molecular complexity index is 810. The van der Waals surface area contributed by atoms with Crippen LogP contribution in [-0.4, -0.2) is 12.1 Å². The van der Waals surface area contributed by atoms with E-state index in [0.717, 1.165) is 48.0 Å². The SMILES string of the molecule is C#C.C=C.C=CC(C)C(CCCCC(C)/C(C)=C\CC)C(CC)C(C(C)CC)C(C)CCC.CC.CCC(C)C1(C)CCCC1.CCNC(C)(C)CC. The molecule has 0 aliphatic heterocycles. The third kappa shape index (κ3) is 27.9. The van der Waals surface area contributed by atoms with Crippen LogP contribution in [0.25, 0.3) is 0 Å².